The van der Waals surface area contributed by atoms with Crippen molar-refractivity contribution in [2.75, 3.05) is 7.11 Å². The molecule has 124 valence electrons. The van der Waals surface area contributed by atoms with Crippen LogP contribution in [0.25, 0.3) is 54.3 Å². The lowest BCUT2D eigenvalue weighted by molar-refractivity contribution is 0.316. The van der Waals surface area contributed by atoms with Gasteiger partial charge in [0.1, 0.15) is 11.2 Å². The third-order valence-electron chi connectivity index (χ3n) is 5.22. The van der Waals surface area contributed by atoms with Crippen LogP contribution in [0.3, 0.4) is 0 Å². The van der Waals surface area contributed by atoms with Crippen molar-refractivity contribution in [3.63, 3.8) is 0 Å². The molecule has 0 saturated heterocycles. The molecule has 0 radical (unpaired) electrons. The highest BCUT2D eigenvalue weighted by atomic mass is 16.6. The van der Waals surface area contributed by atoms with E-state index >= 15 is 0 Å². The van der Waals surface area contributed by atoms with E-state index in [0.29, 0.717) is 5.95 Å². The van der Waals surface area contributed by atoms with Crippen LogP contribution in [0.15, 0.2) is 75.8 Å². The summed E-state index contributed by atoms with van der Waals surface area (Å²) in [7, 11) is 1.62. The molecule has 0 bridgehead atoms. The summed E-state index contributed by atoms with van der Waals surface area (Å²) in [5.41, 5.74) is 1.75. The number of ether oxygens (including phenoxy) is 1. The quantitative estimate of drug-likeness (QED) is 0.315. The fourth-order valence-electron chi connectivity index (χ4n) is 3.95. The lowest BCUT2D eigenvalue weighted by Crippen LogP contribution is -1.81. The van der Waals surface area contributed by atoms with E-state index in [1.165, 1.54) is 32.3 Å². The minimum atomic E-state index is 0.533. The number of hydrogen-bond acceptors (Lipinski definition) is 3. The molecule has 3 nitrogen and oxygen atoms in total. The van der Waals surface area contributed by atoms with Crippen molar-refractivity contribution in [2.24, 2.45) is 0 Å². The molecule has 2 heterocycles. The van der Waals surface area contributed by atoms with E-state index in [2.05, 4.69) is 48.5 Å². The van der Waals surface area contributed by atoms with Crippen LogP contribution >= 0.6 is 0 Å². The Balaban J connectivity index is 1.77. The van der Waals surface area contributed by atoms with E-state index in [0.717, 1.165) is 21.9 Å². The zero-order chi connectivity index (χ0) is 17.3. The van der Waals surface area contributed by atoms with Crippen LogP contribution < -0.4 is 4.74 Å². The summed E-state index contributed by atoms with van der Waals surface area (Å²) in [6.07, 6.45) is 1.74. The summed E-state index contributed by atoms with van der Waals surface area (Å²) in [6, 6.07) is 21.2. The Kier molecular flexibility index (Phi) is 2.54. The van der Waals surface area contributed by atoms with Gasteiger partial charge in [-0.2, -0.15) is 0 Å². The lowest BCUT2D eigenvalue weighted by Gasteiger charge is -2.08. The predicted octanol–water partition coefficient (Wildman–Crippen LogP) is 6.65. The first-order valence-corrected chi connectivity index (χ1v) is 8.54. The van der Waals surface area contributed by atoms with Gasteiger partial charge in [0.25, 0.3) is 5.95 Å². The molecule has 0 aliphatic rings. The molecule has 0 aliphatic carbocycles. The highest BCUT2D eigenvalue weighted by Gasteiger charge is 2.10. The molecular formula is C23H14O3. The highest BCUT2D eigenvalue weighted by Crippen LogP contribution is 2.36. The van der Waals surface area contributed by atoms with E-state index in [9.17, 15) is 0 Å². The molecule has 3 heteroatoms. The van der Waals surface area contributed by atoms with Crippen molar-refractivity contribution in [1.82, 2.24) is 0 Å². The summed E-state index contributed by atoms with van der Waals surface area (Å²) in [5, 5.41) is 9.37. The summed E-state index contributed by atoms with van der Waals surface area (Å²) in [5.74, 6) is 0.533. The number of furan rings is 2. The maximum Gasteiger partial charge on any atom is 0.285 e. The van der Waals surface area contributed by atoms with Crippen LogP contribution in [0.5, 0.6) is 5.95 Å². The molecule has 0 unspecified atom stereocenters. The fourth-order valence-corrected chi connectivity index (χ4v) is 3.95. The van der Waals surface area contributed by atoms with Crippen LogP contribution in [0.2, 0.25) is 0 Å². The maximum absolute atomic E-state index is 5.77. The third-order valence-corrected chi connectivity index (χ3v) is 5.22. The Bertz CT molecular complexity index is 1470. The van der Waals surface area contributed by atoms with E-state index in [-0.39, 0.29) is 0 Å². The Hall–Kier alpha value is -3.46. The third kappa shape index (κ3) is 1.77. The SMILES string of the molecule is COc1cc2cc3ccc4c5cc6occc6cc5ccc4c3cc2o1. The van der Waals surface area contributed by atoms with Crippen molar-refractivity contribution in [2.45, 2.75) is 0 Å². The molecule has 0 saturated carbocycles. The van der Waals surface area contributed by atoms with Gasteiger partial charge in [-0.15, -0.1) is 0 Å². The van der Waals surface area contributed by atoms with E-state index in [4.69, 9.17) is 13.6 Å². The number of benzene rings is 4. The normalized spacial score (nSPS) is 12.0. The molecule has 0 N–H and O–H groups in total. The first kappa shape index (κ1) is 13.8. The first-order chi connectivity index (χ1) is 12.8. The van der Waals surface area contributed by atoms with Gasteiger partial charge < -0.3 is 13.6 Å². The highest BCUT2D eigenvalue weighted by molar-refractivity contribution is 6.20. The minimum absolute atomic E-state index is 0.533. The summed E-state index contributed by atoms with van der Waals surface area (Å²) in [6.45, 7) is 0. The van der Waals surface area contributed by atoms with Gasteiger partial charge in [0.2, 0.25) is 0 Å². The predicted molar refractivity (Wildman–Crippen MR) is 105 cm³/mol. The maximum atomic E-state index is 5.77. The Morgan fingerprint density at radius 3 is 2.04 bits per heavy atom. The van der Waals surface area contributed by atoms with Crippen molar-refractivity contribution in [3.8, 4) is 5.95 Å². The van der Waals surface area contributed by atoms with Crippen LogP contribution in [-0.2, 0) is 0 Å². The Labute approximate surface area is 148 Å². The summed E-state index contributed by atoms with van der Waals surface area (Å²) >= 11 is 0. The molecule has 0 fully saturated rings. The standard InChI is InChI=1S/C23H14O3/c1-24-23-10-16-9-14-3-5-17-18(20(14)12-22(16)26-23)4-2-13-8-15-6-7-25-21(15)11-19(13)17/h2-12H,1H3. The van der Waals surface area contributed by atoms with Crippen molar-refractivity contribution >= 4 is 54.3 Å². The number of fused-ring (bicyclic) bond motifs is 7. The minimum Gasteiger partial charge on any atom is -0.468 e. The number of methoxy groups -OCH3 is 1. The van der Waals surface area contributed by atoms with Crippen molar-refractivity contribution < 1.29 is 13.6 Å². The fraction of sp³-hybridized carbons (Fsp3) is 0.0435. The molecule has 2 aromatic heterocycles. The van der Waals surface area contributed by atoms with Gasteiger partial charge in [-0.1, -0.05) is 24.3 Å². The second kappa shape index (κ2) is 4.79. The molecule has 6 rings (SSSR count). The zero-order valence-electron chi connectivity index (χ0n) is 14.1. The van der Waals surface area contributed by atoms with Crippen LogP contribution in [0.4, 0.5) is 0 Å². The monoisotopic (exact) mass is 338 g/mol. The molecule has 4 aromatic carbocycles. The largest absolute Gasteiger partial charge is 0.468 e. The topological polar surface area (TPSA) is 35.5 Å². The number of rotatable bonds is 1. The second-order valence-corrected chi connectivity index (χ2v) is 6.64. The van der Waals surface area contributed by atoms with Gasteiger partial charge in [0, 0.05) is 16.8 Å². The van der Waals surface area contributed by atoms with Crippen LogP contribution in [0.1, 0.15) is 0 Å². The van der Waals surface area contributed by atoms with Crippen molar-refractivity contribution in [3.05, 3.63) is 66.9 Å². The van der Waals surface area contributed by atoms with Crippen LogP contribution in [-0.4, -0.2) is 7.11 Å². The van der Waals surface area contributed by atoms with Crippen molar-refractivity contribution in [1.29, 1.82) is 0 Å². The molecule has 26 heavy (non-hydrogen) atoms. The lowest BCUT2D eigenvalue weighted by atomic mass is 9.96. The Morgan fingerprint density at radius 2 is 1.31 bits per heavy atom. The molecule has 0 atom stereocenters. The smallest absolute Gasteiger partial charge is 0.285 e. The Morgan fingerprint density at radius 1 is 0.615 bits per heavy atom. The molecular weight excluding hydrogens is 324 g/mol. The van der Waals surface area contributed by atoms with E-state index in [1.54, 1.807) is 13.4 Å². The van der Waals surface area contributed by atoms with Gasteiger partial charge in [-0.05, 0) is 62.6 Å². The molecule has 6 aromatic rings. The summed E-state index contributed by atoms with van der Waals surface area (Å²) < 4.78 is 16.6. The molecule has 0 amide bonds. The van der Waals surface area contributed by atoms with Gasteiger partial charge in [0.05, 0.1) is 13.4 Å². The molecule has 0 spiro atoms. The van der Waals surface area contributed by atoms with Gasteiger partial charge in [-0.25, -0.2) is 0 Å². The van der Waals surface area contributed by atoms with E-state index < -0.39 is 0 Å². The van der Waals surface area contributed by atoms with Gasteiger partial charge >= 0.3 is 0 Å². The number of hydrogen-bond donors (Lipinski definition) is 0. The summed E-state index contributed by atoms with van der Waals surface area (Å²) in [4.78, 5) is 0. The van der Waals surface area contributed by atoms with Gasteiger partial charge in [0.15, 0.2) is 0 Å². The zero-order valence-corrected chi connectivity index (χ0v) is 14.1. The van der Waals surface area contributed by atoms with Crippen LogP contribution in [0, 0.1) is 0 Å². The van der Waals surface area contributed by atoms with Gasteiger partial charge in [-0.3, -0.25) is 0 Å². The average molecular weight is 338 g/mol. The molecule has 0 aliphatic heterocycles. The second-order valence-electron chi connectivity index (χ2n) is 6.64. The first-order valence-electron chi connectivity index (χ1n) is 8.54. The van der Waals surface area contributed by atoms with E-state index in [1.807, 2.05) is 12.1 Å². The average Bonchev–Trinajstić information content (AvgIpc) is 3.29.